The van der Waals surface area contributed by atoms with Crippen LogP contribution in [-0.2, 0) is 4.79 Å². The van der Waals surface area contributed by atoms with Gasteiger partial charge < -0.3 is 15.7 Å². The van der Waals surface area contributed by atoms with Crippen LogP contribution in [0.3, 0.4) is 0 Å². The zero-order valence-electron chi connectivity index (χ0n) is 12.0. The normalized spacial score (nSPS) is 23.4. The molecule has 0 radical (unpaired) electrons. The first-order chi connectivity index (χ1) is 9.56. The second kappa shape index (κ2) is 8.47. The number of rotatable bonds is 6. The Bertz CT molecular complexity index is 368. The zero-order chi connectivity index (χ0) is 15.0. The fourth-order valence-corrected chi connectivity index (χ4v) is 2.55. The van der Waals surface area contributed by atoms with Crippen molar-refractivity contribution < 1.29 is 14.7 Å². The van der Waals surface area contributed by atoms with Crippen molar-refractivity contribution in [1.29, 1.82) is 0 Å². The van der Waals surface area contributed by atoms with E-state index in [-0.39, 0.29) is 18.0 Å². The minimum Gasteiger partial charge on any atom is -0.481 e. The SMILES string of the molecule is C#CC(CCC)NC(=O)NCC1CCC(C(=O)O)CC1. The molecule has 2 amide bonds. The molecule has 0 aromatic heterocycles. The molecule has 1 saturated carbocycles. The van der Waals surface area contributed by atoms with Crippen molar-refractivity contribution >= 4 is 12.0 Å². The molecule has 1 atom stereocenters. The summed E-state index contributed by atoms with van der Waals surface area (Å²) >= 11 is 0. The second-order valence-electron chi connectivity index (χ2n) is 5.42. The van der Waals surface area contributed by atoms with Crippen LogP contribution in [0.5, 0.6) is 0 Å². The summed E-state index contributed by atoms with van der Waals surface area (Å²) in [5.41, 5.74) is 0. The fraction of sp³-hybridized carbons (Fsp3) is 0.733. The average Bonchev–Trinajstić information content (AvgIpc) is 2.45. The summed E-state index contributed by atoms with van der Waals surface area (Å²) in [4.78, 5) is 22.5. The highest BCUT2D eigenvalue weighted by molar-refractivity contribution is 5.74. The van der Waals surface area contributed by atoms with Gasteiger partial charge in [0.1, 0.15) is 0 Å². The third kappa shape index (κ3) is 5.52. The molecule has 0 aromatic carbocycles. The van der Waals surface area contributed by atoms with E-state index in [9.17, 15) is 9.59 Å². The van der Waals surface area contributed by atoms with Gasteiger partial charge in [-0.2, -0.15) is 0 Å². The van der Waals surface area contributed by atoms with Crippen LogP contribution < -0.4 is 10.6 Å². The van der Waals surface area contributed by atoms with E-state index in [4.69, 9.17) is 11.5 Å². The van der Waals surface area contributed by atoms with Gasteiger partial charge in [0, 0.05) is 6.54 Å². The van der Waals surface area contributed by atoms with Crippen LogP contribution in [0, 0.1) is 24.2 Å². The Morgan fingerprint density at radius 2 is 2.00 bits per heavy atom. The summed E-state index contributed by atoms with van der Waals surface area (Å²) in [5, 5.41) is 14.5. The molecule has 0 bridgehead atoms. The minimum atomic E-state index is -0.703. The molecule has 1 fully saturated rings. The van der Waals surface area contributed by atoms with Crippen molar-refractivity contribution in [2.24, 2.45) is 11.8 Å². The second-order valence-corrected chi connectivity index (χ2v) is 5.42. The first-order valence-corrected chi connectivity index (χ1v) is 7.30. The molecule has 5 nitrogen and oxygen atoms in total. The molecule has 3 N–H and O–H groups in total. The molecule has 5 heteroatoms. The third-order valence-electron chi connectivity index (χ3n) is 3.83. The largest absolute Gasteiger partial charge is 0.481 e. The van der Waals surface area contributed by atoms with E-state index in [0.717, 1.165) is 25.7 Å². The number of hydrogen-bond acceptors (Lipinski definition) is 2. The first-order valence-electron chi connectivity index (χ1n) is 7.30. The van der Waals surface area contributed by atoms with Crippen molar-refractivity contribution in [1.82, 2.24) is 10.6 Å². The van der Waals surface area contributed by atoms with Crippen LogP contribution in [0.1, 0.15) is 45.4 Å². The third-order valence-corrected chi connectivity index (χ3v) is 3.83. The van der Waals surface area contributed by atoms with Crippen molar-refractivity contribution in [3.63, 3.8) is 0 Å². The lowest BCUT2D eigenvalue weighted by Crippen LogP contribution is -2.43. The number of carboxylic acid groups (broad SMARTS) is 1. The van der Waals surface area contributed by atoms with Crippen molar-refractivity contribution in [3.05, 3.63) is 0 Å². The Morgan fingerprint density at radius 1 is 1.35 bits per heavy atom. The van der Waals surface area contributed by atoms with Gasteiger partial charge >= 0.3 is 12.0 Å². The Morgan fingerprint density at radius 3 is 2.50 bits per heavy atom. The lowest BCUT2D eigenvalue weighted by atomic mass is 9.82. The van der Waals surface area contributed by atoms with Crippen LogP contribution in [0.15, 0.2) is 0 Å². The van der Waals surface area contributed by atoms with Gasteiger partial charge in [0.15, 0.2) is 0 Å². The predicted octanol–water partition coefficient (Wildman–Crippen LogP) is 1.98. The van der Waals surface area contributed by atoms with Crippen molar-refractivity contribution in [2.45, 2.75) is 51.5 Å². The number of terminal acetylenes is 1. The Balaban J connectivity index is 2.22. The molecule has 0 aromatic rings. The van der Waals surface area contributed by atoms with E-state index < -0.39 is 5.97 Å². The molecule has 112 valence electrons. The zero-order valence-corrected chi connectivity index (χ0v) is 12.0. The van der Waals surface area contributed by atoms with Crippen LogP contribution in [0.2, 0.25) is 0 Å². The number of hydrogen-bond donors (Lipinski definition) is 3. The number of aliphatic carboxylic acids is 1. The monoisotopic (exact) mass is 280 g/mol. The maximum Gasteiger partial charge on any atom is 0.315 e. The summed E-state index contributed by atoms with van der Waals surface area (Å²) < 4.78 is 0. The Hall–Kier alpha value is -1.70. The standard InChI is InChI=1S/C15H24N2O3/c1-3-5-13(4-2)17-15(20)16-10-11-6-8-12(9-7-11)14(18)19/h2,11-13H,3,5-10H2,1H3,(H,18,19)(H2,16,17,20). The van der Waals surface area contributed by atoms with Crippen molar-refractivity contribution in [3.8, 4) is 12.3 Å². The number of urea groups is 1. The number of carboxylic acids is 1. The van der Waals surface area contributed by atoms with E-state index in [2.05, 4.69) is 16.6 Å². The molecule has 1 unspecified atom stereocenters. The summed E-state index contributed by atoms with van der Waals surface area (Å²) in [7, 11) is 0. The topological polar surface area (TPSA) is 78.4 Å². The molecule has 20 heavy (non-hydrogen) atoms. The van der Waals surface area contributed by atoms with E-state index in [1.807, 2.05) is 6.92 Å². The molecule has 1 aliphatic rings. The highest BCUT2D eigenvalue weighted by Crippen LogP contribution is 2.28. The van der Waals surface area contributed by atoms with E-state index in [1.54, 1.807) is 0 Å². The Labute approximate surface area is 120 Å². The van der Waals surface area contributed by atoms with Gasteiger partial charge in [0.2, 0.25) is 0 Å². The van der Waals surface area contributed by atoms with Crippen LogP contribution in [0.4, 0.5) is 4.79 Å². The summed E-state index contributed by atoms with van der Waals surface area (Å²) in [6.07, 6.45) is 10.1. The summed E-state index contributed by atoms with van der Waals surface area (Å²) in [5.74, 6) is 2.00. The Kier molecular flexibility index (Phi) is 6.92. The quantitative estimate of drug-likeness (QED) is 0.651. The molecule has 1 aliphatic carbocycles. The van der Waals surface area contributed by atoms with Gasteiger partial charge in [-0.3, -0.25) is 4.79 Å². The van der Waals surface area contributed by atoms with Crippen molar-refractivity contribution in [2.75, 3.05) is 6.54 Å². The molecule has 0 heterocycles. The number of amides is 2. The van der Waals surface area contributed by atoms with Gasteiger partial charge in [-0.1, -0.05) is 19.3 Å². The van der Waals surface area contributed by atoms with Gasteiger partial charge in [0.05, 0.1) is 12.0 Å². The predicted molar refractivity (Wildman–Crippen MR) is 77.1 cm³/mol. The number of carbonyl (C=O) groups excluding carboxylic acids is 1. The average molecular weight is 280 g/mol. The summed E-state index contributed by atoms with van der Waals surface area (Å²) in [6.45, 7) is 2.60. The van der Waals surface area contributed by atoms with Gasteiger partial charge in [-0.25, -0.2) is 4.79 Å². The van der Waals surface area contributed by atoms with Gasteiger partial charge in [0.25, 0.3) is 0 Å². The first kappa shape index (κ1) is 16.4. The van der Waals surface area contributed by atoms with Crippen LogP contribution in [-0.4, -0.2) is 29.7 Å². The number of nitrogens with one attached hydrogen (secondary N) is 2. The molecule has 0 spiro atoms. The van der Waals surface area contributed by atoms with E-state index in [0.29, 0.717) is 25.3 Å². The lowest BCUT2D eigenvalue weighted by molar-refractivity contribution is -0.143. The molecule has 0 saturated heterocycles. The molecular weight excluding hydrogens is 256 g/mol. The summed E-state index contributed by atoms with van der Waals surface area (Å²) in [6, 6.07) is -0.454. The minimum absolute atomic E-state index is 0.213. The lowest BCUT2D eigenvalue weighted by Gasteiger charge is -2.26. The van der Waals surface area contributed by atoms with E-state index >= 15 is 0 Å². The maximum absolute atomic E-state index is 11.7. The fourth-order valence-electron chi connectivity index (χ4n) is 2.55. The molecule has 1 rings (SSSR count). The van der Waals surface area contributed by atoms with Crippen LogP contribution in [0.25, 0.3) is 0 Å². The smallest absolute Gasteiger partial charge is 0.315 e. The van der Waals surface area contributed by atoms with Crippen LogP contribution >= 0.6 is 0 Å². The van der Waals surface area contributed by atoms with Gasteiger partial charge in [-0.05, 0) is 38.0 Å². The van der Waals surface area contributed by atoms with Gasteiger partial charge in [-0.15, -0.1) is 6.42 Å². The molecule has 0 aliphatic heterocycles. The highest BCUT2D eigenvalue weighted by Gasteiger charge is 2.26. The highest BCUT2D eigenvalue weighted by atomic mass is 16.4. The molecular formula is C15H24N2O3. The van der Waals surface area contributed by atoms with E-state index in [1.165, 1.54) is 0 Å². The maximum atomic E-state index is 11.7. The number of carbonyl (C=O) groups is 2.